The van der Waals surface area contributed by atoms with Gasteiger partial charge in [-0.1, -0.05) is 12.1 Å². The Balaban J connectivity index is 2.43. The van der Waals surface area contributed by atoms with E-state index in [0.717, 1.165) is 5.69 Å². The van der Waals surface area contributed by atoms with E-state index < -0.39 is 0 Å². The topological polar surface area (TPSA) is 53.2 Å². The summed E-state index contributed by atoms with van der Waals surface area (Å²) in [4.78, 5) is 11.4. The molecule has 1 aromatic carbocycles. The highest BCUT2D eigenvalue weighted by molar-refractivity contribution is 5.99. The first-order valence-electron chi connectivity index (χ1n) is 4.19. The van der Waals surface area contributed by atoms with Crippen molar-refractivity contribution in [3.8, 4) is 0 Å². The van der Waals surface area contributed by atoms with Gasteiger partial charge in [0.1, 0.15) is 0 Å². The number of amides is 1. The van der Waals surface area contributed by atoms with Crippen LogP contribution in [0.2, 0.25) is 0 Å². The van der Waals surface area contributed by atoms with Crippen molar-refractivity contribution in [1.82, 2.24) is 10.9 Å². The number of carbonyl (C=O) groups excluding carboxylic acids is 1. The highest BCUT2D eigenvalue weighted by Crippen LogP contribution is 2.16. The second-order valence-corrected chi connectivity index (χ2v) is 3.01. The van der Waals surface area contributed by atoms with Crippen LogP contribution < -0.4 is 16.2 Å². The average molecular weight is 177 g/mol. The number of benzene rings is 1. The summed E-state index contributed by atoms with van der Waals surface area (Å²) in [7, 11) is 0. The molecule has 1 atom stereocenters. The lowest BCUT2D eigenvalue weighted by Crippen LogP contribution is -2.43. The summed E-state index contributed by atoms with van der Waals surface area (Å²) in [6, 6.07) is 7.42. The van der Waals surface area contributed by atoms with E-state index in [1.165, 1.54) is 0 Å². The second-order valence-electron chi connectivity index (χ2n) is 3.01. The zero-order valence-corrected chi connectivity index (χ0v) is 7.29. The summed E-state index contributed by atoms with van der Waals surface area (Å²) in [5, 5.41) is 3.16. The summed E-state index contributed by atoms with van der Waals surface area (Å²) in [5.41, 5.74) is 6.95. The fourth-order valence-electron chi connectivity index (χ4n) is 1.32. The molecule has 3 N–H and O–H groups in total. The minimum absolute atomic E-state index is 0.0348. The Labute approximate surface area is 76.3 Å². The summed E-state index contributed by atoms with van der Waals surface area (Å²) >= 11 is 0. The van der Waals surface area contributed by atoms with Crippen LogP contribution in [0.1, 0.15) is 17.3 Å². The van der Waals surface area contributed by atoms with E-state index in [0.29, 0.717) is 5.56 Å². The van der Waals surface area contributed by atoms with Crippen LogP contribution >= 0.6 is 0 Å². The van der Waals surface area contributed by atoms with E-state index in [1.807, 2.05) is 25.1 Å². The van der Waals surface area contributed by atoms with Crippen LogP contribution in [0.25, 0.3) is 0 Å². The zero-order chi connectivity index (χ0) is 9.26. The van der Waals surface area contributed by atoms with Crippen molar-refractivity contribution in [2.45, 2.75) is 13.1 Å². The van der Waals surface area contributed by atoms with Crippen LogP contribution in [-0.2, 0) is 0 Å². The maximum atomic E-state index is 11.4. The van der Waals surface area contributed by atoms with Gasteiger partial charge in [0.25, 0.3) is 5.91 Å². The van der Waals surface area contributed by atoms with E-state index in [4.69, 9.17) is 0 Å². The lowest BCUT2D eigenvalue weighted by molar-refractivity contribution is 0.0933. The van der Waals surface area contributed by atoms with Crippen LogP contribution in [0.4, 0.5) is 5.69 Å². The Morgan fingerprint density at radius 1 is 1.31 bits per heavy atom. The van der Waals surface area contributed by atoms with Gasteiger partial charge >= 0.3 is 0 Å². The molecule has 0 fully saturated rings. The van der Waals surface area contributed by atoms with Crippen LogP contribution in [0.3, 0.4) is 0 Å². The Morgan fingerprint density at radius 3 is 2.92 bits per heavy atom. The highest BCUT2D eigenvalue weighted by atomic mass is 16.2. The molecule has 4 nitrogen and oxygen atoms in total. The fourth-order valence-corrected chi connectivity index (χ4v) is 1.32. The number of anilines is 1. The smallest absolute Gasteiger partial charge is 0.267 e. The lowest BCUT2D eigenvalue weighted by atomic mass is 10.1. The third-order valence-corrected chi connectivity index (χ3v) is 1.95. The van der Waals surface area contributed by atoms with Crippen molar-refractivity contribution in [3.63, 3.8) is 0 Å². The molecular weight excluding hydrogens is 166 g/mol. The molecule has 1 aromatic rings. The maximum Gasteiger partial charge on any atom is 0.267 e. The molecule has 1 aliphatic heterocycles. The molecule has 1 aliphatic rings. The van der Waals surface area contributed by atoms with E-state index >= 15 is 0 Å². The zero-order valence-electron chi connectivity index (χ0n) is 7.29. The summed E-state index contributed by atoms with van der Waals surface area (Å²) < 4.78 is 0. The Kier molecular flexibility index (Phi) is 1.90. The first-order valence-corrected chi connectivity index (χ1v) is 4.19. The number of hydrogen-bond donors (Lipinski definition) is 3. The quantitative estimate of drug-likeness (QED) is 0.546. The molecule has 13 heavy (non-hydrogen) atoms. The molecule has 0 saturated carbocycles. The van der Waals surface area contributed by atoms with E-state index in [9.17, 15) is 4.79 Å². The molecule has 0 aliphatic carbocycles. The van der Waals surface area contributed by atoms with Crippen molar-refractivity contribution < 1.29 is 4.79 Å². The van der Waals surface area contributed by atoms with Crippen molar-refractivity contribution in [2.24, 2.45) is 0 Å². The molecule has 1 amide bonds. The molecule has 0 saturated heterocycles. The molecule has 0 aromatic heterocycles. The van der Waals surface area contributed by atoms with E-state index in [2.05, 4.69) is 16.2 Å². The molecule has 4 heteroatoms. The van der Waals surface area contributed by atoms with Crippen LogP contribution in [0, 0.1) is 0 Å². The summed E-state index contributed by atoms with van der Waals surface area (Å²) in [5.74, 6) is -0.104. The van der Waals surface area contributed by atoms with Crippen molar-refractivity contribution in [1.29, 1.82) is 0 Å². The monoisotopic (exact) mass is 177 g/mol. The first-order chi connectivity index (χ1) is 6.27. The fraction of sp³-hybridized carbons (Fsp3) is 0.222. The minimum atomic E-state index is -0.104. The summed E-state index contributed by atoms with van der Waals surface area (Å²) in [6.45, 7) is 1.93. The molecule has 68 valence electrons. The standard InChI is InChI=1S/C9H11N3O/c1-6-10-8-5-3-2-4-7(8)9(13)12-11-6/h2-6,10-11H,1H3,(H,12,13). The van der Waals surface area contributed by atoms with Gasteiger partial charge in [-0.3, -0.25) is 10.2 Å². The van der Waals surface area contributed by atoms with Gasteiger partial charge in [-0.25, -0.2) is 5.43 Å². The largest absolute Gasteiger partial charge is 0.368 e. The third-order valence-electron chi connectivity index (χ3n) is 1.95. The van der Waals surface area contributed by atoms with Gasteiger partial charge in [-0.05, 0) is 19.1 Å². The molecule has 1 unspecified atom stereocenters. The predicted molar refractivity (Wildman–Crippen MR) is 50.1 cm³/mol. The normalized spacial score (nSPS) is 21.0. The van der Waals surface area contributed by atoms with E-state index in [1.54, 1.807) is 6.07 Å². The van der Waals surface area contributed by atoms with Crippen LogP contribution in [0.15, 0.2) is 24.3 Å². The van der Waals surface area contributed by atoms with Crippen LogP contribution in [0.5, 0.6) is 0 Å². The van der Waals surface area contributed by atoms with E-state index in [-0.39, 0.29) is 12.1 Å². The van der Waals surface area contributed by atoms with Gasteiger partial charge in [0.2, 0.25) is 0 Å². The maximum absolute atomic E-state index is 11.4. The van der Waals surface area contributed by atoms with Crippen molar-refractivity contribution in [2.75, 3.05) is 5.32 Å². The molecule has 1 heterocycles. The van der Waals surface area contributed by atoms with Gasteiger partial charge in [-0.15, -0.1) is 0 Å². The predicted octanol–water partition coefficient (Wildman–Crippen LogP) is 0.692. The van der Waals surface area contributed by atoms with Gasteiger partial charge < -0.3 is 5.32 Å². The Hall–Kier alpha value is -1.55. The van der Waals surface area contributed by atoms with Gasteiger partial charge in [0, 0.05) is 5.69 Å². The van der Waals surface area contributed by atoms with Gasteiger partial charge in [0.15, 0.2) is 0 Å². The SMILES string of the molecule is CC1NNC(=O)c2ccccc2N1. The number of carbonyl (C=O) groups is 1. The third kappa shape index (κ3) is 1.48. The summed E-state index contributed by atoms with van der Waals surface area (Å²) in [6.07, 6.45) is 0.0348. The lowest BCUT2D eigenvalue weighted by Gasteiger charge is -2.12. The number of rotatable bonds is 0. The number of fused-ring (bicyclic) bond motifs is 1. The Morgan fingerprint density at radius 2 is 2.08 bits per heavy atom. The number of nitrogens with one attached hydrogen (secondary N) is 3. The molecule has 2 rings (SSSR count). The van der Waals surface area contributed by atoms with Crippen molar-refractivity contribution in [3.05, 3.63) is 29.8 Å². The number of hydrazine groups is 1. The molecule has 0 radical (unpaired) electrons. The number of para-hydroxylation sites is 1. The first kappa shape index (κ1) is 8.07. The molecular formula is C9H11N3O. The molecule has 0 spiro atoms. The molecule has 0 bridgehead atoms. The second kappa shape index (κ2) is 3.06. The van der Waals surface area contributed by atoms with Crippen LogP contribution in [-0.4, -0.2) is 12.1 Å². The van der Waals surface area contributed by atoms with Gasteiger partial charge in [-0.2, -0.15) is 0 Å². The van der Waals surface area contributed by atoms with Gasteiger partial charge in [0.05, 0.1) is 11.7 Å². The Bertz CT molecular complexity index is 337. The van der Waals surface area contributed by atoms with Crippen molar-refractivity contribution >= 4 is 11.6 Å². The average Bonchev–Trinajstić information content (AvgIpc) is 2.27. The highest BCUT2D eigenvalue weighted by Gasteiger charge is 2.16. The number of hydrogen-bond acceptors (Lipinski definition) is 3. The minimum Gasteiger partial charge on any atom is -0.368 e.